The van der Waals surface area contributed by atoms with Gasteiger partial charge >= 0.3 is 0 Å². The lowest BCUT2D eigenvalue weighted by Gasteiger charge is -2.20. The van der Waals surface area contributed by atoms with E-state index in [9.17, 15) is 0 Å². The van der Waals surface area contributed by atoms with Crippen LogP contribution in [-0.4, -0.2) is 9.55 Å². The maximum Gasteiger partial charge on any atom is 0.127 e. The van der Waals surface area contributed by atoms with Crippen LogP contribution in [-0.2, 0) is 11.8 Å². The first-order chi connectivity index (χ1) is 8.45. The summed E-state index contributed by atoms with van der Waals surface area (Å²) in [6, 6.07) is 0.617. The first-order valence-electron chi connectivity index (χ1n) is 7.32. The van der Waals surface area contributed by atoms with Crippen LogP contribution in [0.1, 0.15) is 77.4 Å². The van der Waals surface area contributed by atoms with E-state index in [4.69, 9.17) is 10.7 Å². The average molecular weight is 249 g/mol. The number of imidazole rings is 1. The molecule has 0 bridgehead atoms. The van der Waals surface area contributed by atoms with Crippen LogP contribution < -0.4 is 5.73 Å². The fraction of sp³-hybridized carbons (Fsp3) is 0.800. The van der Waals surface area contributed by atoms with Gasteiger partial charge in [0, 0.05) is 11.5 Å². The van der Waals surface area contributed by atoms with Gasteiger partial charge in [-0.2, -0.15) is 0 Å². The van der Waals surface area contributed by atoms with Gasteiger partial charge in [-0.1, -0.05) is 40.5 Å². The number of hydrogen-bond acceptors (Lipinski definition) is 2. The van der Waals surface area contributed by atoms with E-state index in [0.717, 1.165) is 17.9 Å². The molecule has 2 rings (SSSR count). The van der Waals surface area contributed by atoms with Gasteiger partial charge < -0.3 is 10.3 Å². The highest BCUT2D eigenvalue weighted by Crippen LogP contribution is 2.41. The monoisotopic (exact) mass is 249 g/mol. The molecule has 1 aliphatic carbocycles. The number of aryl methyl sites for hydroxylation is 1. The van der Waals surface area contributed by atoms with E-state index in [1.54, 1.807) is 0 Å². The quantitative estimate of drug-likeness (QED) is 0.806. The Hall–Kier alpha value is -0.990. The van der Waals surface area contributed by atoms with Gasteiger partial charge in [-0.25, -0.2) is 4.98 Å². The van der Waals surface area contributed by atoms with E-state index < -0.39 is 0 Å². The Balaban J connectivity index is 2.26. The molecule has 1 aliphatic rings. The molecule has 1 aromatic heterocycles. The van der Waals surface area contributed by atoms with Crippen molar-refractivity contribution in [3.63, 3.8) is 0 Å². The van der Waals surface area contributed by atoms with Crippen molar-refractivity contribution in [3.8, 4) is 0 Å². The largest absolute Gasteiger partial charge is 0.384 e. The molecule has 102 valence electrons. The van der Waals surface area contributed by atoms with Crippen LogP contribution in [0.25, 0.3) is 0 Å². The van der Waals surface area contributed by atoms with Crippen molar-refractivity contribution in [1.29, 1.82) is 0 Å². The predicted octanol–water partition coefficient (Wildman–Crippen LogP) is 3.83. The zero-order valence-electron chi connectivity index (χ0n) is 12.3. The third-order valence-electron chi connectivity index (χ3n) is 3.62. The molecule has 0 aliphatic heterocycles. The molecule has 0 amide bonds. The molecule has 3 heteroatoms. The molecule has 1 fully saturated rings. The highest BCUT2D eigenvalue weighted by Gasteiger charge is 2.33. The van der Waals surface area contributed by atoms with Crippen LogP contribution in [0.2, 0.25) is 0 Å². The molecule has 2 N–H and O–H groups in total. The minimum absolute atomic E-state index is 0.0831. The Kier molecular flexibility index (Phi) is 3.69. The van der Waals surface area contributed by atoms with Crippen LogP contribution >= 0.6 is 0 Å². The molecule has 3 nitrogen and oxygen atoms in total. The van der Waals surface area contributed by atoms with Crippen LogP contribution in [0.4, 0.5) is 5.82 Å². The summed E-state index contributed by atoms with van der Waals surface area (Å²) >= 11 is 0. The zero-order valence-corrected chi connectivity index (χ0v) is 12.3. The Morgan fingerprint density at radius 1 is 1.28 bits per heavy atom. The Labute approximate surface area is 111 Å². The number of nitrogens with two attached hydrogens (primary N) is 1. The van der Waals surface area contributed by atoms with Crippen molar-refractivity contribution in [2.24, 2.45) is 0 Å². The van der Waals surface area contributed by atoms with Gasteiger partial charge in [0.05, 0.1) is 5.69 Å². The number of anilines is 1. The Bertz CT molecular complexity index is 408. The fourth-order valence-corrected chi connectivity index (χ4v) is 2.45. The van der Waals surface area contributed by atoms with Gasteiger partial charge in [-0.05, 0) is 25.7 Å². The summed E-state index contributed by atoms with van der Waals surface area (Å²) in [6.07, 6.45) is 7.26. The smallest absolute Gasteiger partial charge is 0.127 e. The maximum absolute atomic E-state index is 6.32. The van der Waals surface area contributed by atoms with Crippen molar-refractivity contribution < 1.29 is 0 Å². The molecule has 1 heterocycles. The number of hydrogen-bond donors (Lipinski definition) is 1. The molecule has 0 unspecified atom stereocenters. The van der Waals surface area contributed by atoms with E-state index in [-0.39, 0.29) is 5.41 Å². The van der Waals surface area contributed by atoms with Crippen LogP contribution in [0.15, 0.2) is 0 Å². The summed E-state index contributed by atoms with van der Waals surface area (Å²) in [5.74, 6) is 2.10. The lowest BCUT2D eigenvalue weighted by atomic mass is 9.95. The molecular formula is C15H27N3. The number of nitrogen functional groups attached to an aromatic ring is 1. The number of aromatic nitrogens is 2. The standard InChI is InChI=1S/C15H27N3/c1-5-6-7-8-12-13(16)18(11-9-10-11)14(17-12)15(2,3)4/h11H,5-10,16H2,1-4H3. The third-order valence-corrected chi connectivity index (χ3v) is 3.62. The number of nitrogens with zero attached hydrogens (tertiary/aromatic N) is 2. The molecule has 0 atom stereocenters. The van der Waals surface area contributed by atoms with Gasteiger partial charge in [0.2, 0.25) is 0 Å². The van der Waals surface area contributed by atoms with Crippen molar-refractivity contribution in [3.05, 3.63) is 11.5 Å². The molecular weight excluding hydrogens is 222 g/mol. The van der Waals surface area contributed by atoms with Crippen molar-refractivity contribution in [2.75, 3.05) is 5.73 Å². The Morgan fingerprint density at radius 3 is 2.44 bits per heavy atom. The summed E-state index contributed by atoms with van der Waals surface area (Å²) in [5, 5.41) is 0. The third kappa shape index (κ3) is 2.70. The van der Waals surface area contributed by atoms with Crippen molar-refractivity contribution in [1.82, 2.24) is 9.55 Å². The van der Waals surface area contributed by atoms with Gasteiger partial charge in [0.1, 0.15) is 11.6 Å². The highest BCUT2D eigenvalue weighted by molar-refractivity contribution is 5.41. The minimum Gasteiger partial charge on any atom is -0.384 e. The summed E-state index contributed by atoms with van der Waals surface area (Å²) in [7, 11) is 0. The lowest BCUT2D eigenvalue weighted by molar-refractivity contribution is 0.503. The molecule has 0 aromatic carbocycles. The second-order valence-corrected chi connectivity index (χ2v) is 6.58. The summed E-state index contributed by atoms with van der Waals surface area (Å²) < 4.78 is 2.31. The van der Waals surface area contributed by atoms with Gasteiger partial charge in [0.25, 0.3) is 0 Å². The molecule has 18 heavy (non-hydrogen) atoms. The fourth-order valence-electron chi connectivity index (χ4n) is 2.45. The van der Waals surface area contributed by atoms with Crippen LogP contribution in [0.5, 0.6) is 0 Å². The van der Waals surface area contributed by atoms with E-state index in [1.807, 2.05) is 0 Å². The predicted molar refractivity (Wildman–Crippen MR) is 76.8 cm³/mol. The Morgan fingerprint density at radius 2 is 1.94 bits per heavy atom. The summed E-state index contributed by atoms with van der Waals surface area (Å²) in [4.78, 5) is 4.85. The van der Waals surface area contributed by atoms with Crippen LogP contribution in [0.3, 0.4) is 0 Å². The second-order valence-electron chi connectivity index (χ2n) is 6.58. The SMILES string of the molecule is CCCCCc1nc(C(C)(C)C)n(C2CC2)c1N. The molecule has 0 spiro atoms. The second kappa shape index (κ2) is 4.94. The first kappa shape index (κ1) is 13.4. The number of rotatable bonds is 5. The zero-order chi connectivity index (χ0) is 13.3. The first-order valence-corrected chi connectivity index (χ1v) is 7.32. The van der Waals surface area contributed by atoms with Crippen molar-refractivity contribution in [2.45, 2.75) is 77.7 Å². The van der Waals surface area contributed by atoms with Gasteiger partial charge in [0.15, 0.2) is 0 Å². The van der Waals surface area contributed by atoms with Gasteiger partial charge in [-0.3, -0.25) is 0 Å². The van der Waals surface area contributed by atoms with E-state index in [2.05, 4.69) is 32.3 Å². The molecule has 1 saturated carbocycles. The highest BCUT2D eigenvalue weighted by atomic mass is 15.2. The molecule has 1 aromatic rings. The lowest BCUT2D eigenvalue weighted by Crippen LogP contribution is -2.19. The average Bonchev–Trinajstić information content (AvgIpc) is 3.04. The van der Waals surface area contributed by atoms with E-state index >= 15 is 0 Å². The summed E-state index contributed by atoms with van der Waals surface area (Å²) in [5.41, 5.74) is 7.53. The van der Waals surface area contributed by atoms with Gasteiger partial charge in [-0.15, -0.1) is 0 Å². The molecule has 0 radical (unpaired) electrons. The summed E-state index contributed by atoms with van der Waals surface area (Å²) in [6.45, 7) is 8.91. The molecule has 0 saturated heterocycles. The van der Waals surface area contributed by atoms with E-state index in [0.29, 0.717) is 6.04 Å². The number of unbranched alkanes of at least 4 members (excludes halogenated alkanes) is 2. The minimum atomic E-state index is 0.0831. The normalized spacial score (nSPS) is 16.2. The topological polar surface area (TPSA) is 43.8 Å². The van der Waals surface area contributed by atoms with Crippen LogP contribution in [0, 0.1) is 0 Å². The van der Waals surface area contributed by atoms with Crippen molar-refractivity contribution >= 4 is 5.82 Å². The maximum atomic E-state index is 6.32. The van der Waals surface area contributed by atoms with E-state index in [1.165, 1.54) is 37.9 Å².